The smallest absolute Gasteiger partial charge is 0.221 e. The molecule has 0 spiro atoms. The SMILES string of the molecule is CN1CCN(N=Nc2ccc(-c3cc(-c4ccccc4)nc(N)n3)cc2)CC1. The Morgan fingerprint density at radius 1 is 0.821 bits per heavy atom. The van der Waals surface area contributed by atoms with Crippen LogP contribution in [0.15, 0.2) is 71.0 Å². The second kappa shape index (κ2) is 8.14. The number of likely N-dealkylation sites (N-methyl/N-ethyl adjacent to an activating group) is 1. The lowest BCUT2D eigenvalue weighted by atomic mass is 10.1. The van der Waals surface area contributed by atoms with Gasteiger partial charge in [0.15, 0.2) is 0 Å². The van der Waals surface area contributed by atoms with Gasteiger partial charge in [-0.25, -0.2) is 9.97 Å². The summed E-state index contributed by atoms with van der Waals surface area (Å²) in [6.07, 6.45) is 0. The molecule has 0 bridgehead atoms. The Morgan fingerprint density at radius 2 is 1.43 bits per heavy atom. The Balaban J connectivity index is 1.52. The van der Waals surface area contributed by atoms with Crippen LogP contribution in [0.3, 0.4) is 0 Å². The second-order valence-corrected chi connectivity index (χ2v) is 6.86. The summed E-state index contributed by atoms with van der Waals surface area (Å²) in [7, 11) is 2.12. The highest BCUT2D eigenvalue weighted by Gasteiger charge is 2.11. The van der Waals surface area contributed by atoms with E-state index in [0.29, 0.717) is 0 Å². The van der Waals surface area contributed by atoms with Crippen LogP contribution >= 0.6 is 0 Å². The zero-order chi connectivity index (χ0) is 19.3. The number of piperazine rings is 1. The van der Waals surface area contributed by atoms with Gasteiger partial charge in [0.2, 0.25) is 5.95 Å². The Bertz CT molecular complexity index is 946. The molecule has 0 aliphatic carbocycles. The third-order valence-corrected chi connectivity index (χ3v) is 4.74. The summed E-state index contributed by atoms with van der Waals surface area (Å²) < 4.78 is 0. The normalized spacial score (nSPS) is 15.2. The van der Waals surface area contributed by atoms with Gasteiger partial charge in [-0.3, -0.25) is 5.01 Å². The van der Waals surface area contributed by atoms with Crippen molar-refractivity contribution in [2.75, 3.05) is 39.0 Å². The van der Waals surface area contributed by atoms with Gasteiger partial charge in [-0.15, -0.1) is 5.11 Å². The van der Waals surface area contributed by atoms with Crippen LogP contribution in [0.5, 0.6) is 0 Å². The first-order valence-corrected chi connectivity index (χ1v) is 9.33. The molecule has 0 atom stereocenters. The van der Waals surface area contributed by atoms with Crippen LogP contribution in [0.2, 0.25) is 0 Å². The summed E-state index contributed by atoms with van der Waals surface area (Å²) in [5.74, 6) is 0.259. The van der Waals surface area contributed by atoms with Crippen LogP contribution in [-0.2, 0) is 0 Å². The van der Waals surface area contributed by atoms with E-state index < -0.39 is 0 Å². The molecule has 142 valence electrons. The number of benzene rings is 2. The van der Waals surface area contributed by atoms with Crippen molar-refractivity contribution in [2.45, 2.75) is 0 Å². The Kier molecular flexibility index (Phi) is 5.25. The second-order valence-electron chi connectivity index (χ2n) is 6.86. The predicted molar refractivity (Wildman–Crippen MR) is 111 cm³/mol. The third kappa shape index (κ3) is 4.32. The molecule has 1 aromatic heterocycles. The van der Waals surface area contributed by atoms with Crippen molar-refractivity contribution in [1.29, 1.82) is 0 Å². The zero-order valence-electron chi connectivity index (χ0n) is 15.9. The maximum atomic E-state index is 5.94. The quantitative estimate of drug-likeness (QED) is 0.706. The lowest BCUT2D eigenvalue weighted by Gasteiger charge is -2.29. The molecule has 1 aliphatic heterocycles. The molecule has 0 saturated carbocycles. The minimum Gasteiger partial charge on any atom is -0.368 e. The Labute approximate surface area is 164 Å². The Hall–Kier alpha value is -3.32. The molecule has 4 rings (SSSR count). The van der Waals surface area contributed by atoms with E-state index in [-0.39, 0.29) is 5.95 Å². The molecular weight excluding hydrogens is 350 g/mol. The Morgan fingerprint density at radius 3 is 2.07 bits per heavy atom. The van der Waals surface area contributed by atoms with Crippen molar-refractivity contribution in [1.82, 2.24) is 19.9 Å². The van der Waals surface area contributed by atoms with Gasteiger partial charge in [0.05, 0.1) is 30.2 Å². The molecule has 7 nitrogen and oxygen atoms in total. The van der Waals surface area contributed by atoms with Crippen molar-refractivity contribution < 1.29 is 0 Å². The molecule has 0 amide bonds. The molecule has 1 aliphatic rings. The van der Waals surface area contributed by atoms with E-state index in [9.17, 15) is 0 Å². The third-order valence-electron chi connectivity index (χ3n) is 4.74. The molecule has 2 heterocycles. The lowest BCUT2D eigenvalue weighted by molar-refractivity contribution is 0.150. The molecular formula is C21H23N7. The van der Waals surface area contributed by atoms with Crippen LogP contribution in [0, 0.1) is 0 Å². The highest BCUT2D eigenvalue weighted by Crippen LogP contribution is 2.26. The van der Waals surface area contributed by atoms with E-state index in [1.807, 2.05) is 65.7 Å². The topological polar surface area (TPSA) is 83.0 Å². The van der Waals surface area contributed by atoms with Crippen LogP contribution in [0.4, 0.5) is 11.6 Å². The summed E-state index contributed by atoms with van der Waals surface area (Å²) in [4.78, 5) is 11.0. The number of anilines is 1. The minimum absolute atomic E-state index is 0.259. The van der Waals surface area contributed by atoms with Gasteiger partial charge in [0, 0.05) is 24.2 Å². The average molecular weight is 373 g/mol. The highest BCUT2D eigenvalue weighted by atomic mass is 15.6. The first kappa shape index (κ1) is 18.1. The largest absolute Gasteiger partial charge is 0.368 e. The van der Waals surface area contributed by atoms with Gasteiger partial charge in [-0.05, 0) is 25.2 Å². The van der Waals surface area contributed by atoms with Gasteiger partial charge in [-0.1, -0.05) is 47.7 Å². The number of aromatic nitrogens is 2. The van der Waals surface area contributed by atoms with E-state index in [2.05, 4.69) is 32.3 Å². The van der Waals surface area contributed by atoms with Crippen molar-refractivity contribution >= 4 is 11.6 Å². The summed E-state index contributed by atoms with van der Waals surface area (Å²) in [6.45, 7) is 3.83. The summed E-state index contributed by atoms with van der Waals surface area (Å²) >= 11 is 0. The van der Waals surface area contributed by atoms with Gasteiger partial charge < -0.3 is 10.6 Å². The average Bonchev–Trinajstić information content (AvgIpc) is 2.74. The molecule has 2 N–H and O–H groups in total. The van der Waals surface area contributed by atoms with Crippen LogP contribution < -0.4 is 5.73 Å². The maximum absolute atomic E-state index is 5.94. The van der Waals surface area contributed by atoms with E-state index >= 15 is 0 Å². The number of hydrogen-bond acceptors (Lipinski definition) is 6. The molecule has 3 aromatic rings. The van der Waals surface area contributed by atoms with Gasteiger partial charge >= 0.3 is 0 Å². The number of nitrogen functional groups attached to an aromatic ring is 1. The number of rotatable bonds is 4. The number of nitrogens with zero attached hydrogens (tertiary/aromatic N) is 6. The first-order chi connectivity index (χ1) is 13.7. The molecule has 1 fully saturated rings. The zero-order valence-corrected chi connectivity index (χ0v) is 15.9. The van der Waals surface area contributed by atoms with Crippen LogP contribution in [0.25, 0.3) is 22.5 Å². The highest BCUT2D eigenvalue weighted by molar-refractivity contribution is 5.69. The summed E-state index contributed by atoms with van der Waals surface area (Å²) in [5, 5.41) is 10.7. The van der Waals surface area contributed by atoms with Crippen molar-refractivity contribution in [3.63, 3.8) is 0 Å². The van der Waals surface area contributed by atoms with Crippen LogP contribution in [-0.4, -0.2) is 53.1 Å². The molecule has 1 saturated heterocycles. The van der Waals surface area contributed by atoms with E-state index in [4.69, 9.17) is 5.73 Å². The fourth-order valence-electron chi connectivity index (χ4n) is 3.07. The lowest BCUT2D eigenvalue weighted by Crippen LogP contribution is -2.41. The molecule has 28 heavy (non-hydrogen) atoms. The fraction of sp³-hybridized carbons (Fsp3) is 0.238. The summed E-state index contributed by atoms with van der Waals surface area (Å²) in [5.41, 5.74) is 10.3. The minimum atomic E-state index is 0.259. The fourth-order valence-corrected chi connectivity index (χ4v) is 3.07. The monoisotopic (exact) mass is 373 g/mol. The van der Waals surface area contributed by atoms with Gasteiger partial charge in [0.1, 0.15) is 0 Å². The van der Waals surface area contributed by atoms with E-state index in [1.165, 1.54) is 0 Å². The van der Waals surface area contributed by atoms with Gasteiger partial charge in [-0.2, -0.15) is 0 Å². The van der Waals surface area contributed by atoms with E-state index in [1.54, 1.807) is 0 Å². The van der Waals surface area contributed by atoms with Crippen LogP contribution in [0.1, 0.15) is 0 Å². The molecule has 7 heteroatoms. The van der Waals surface area contributed by atoms with Gasteiger partial charge in [0.25, 0.3) is 0 Å². The number of nitrogens with two attached hydrogens (primary N) is 1. The summed E-state index contributed by atoms with van der Waals surface area (Å²) in [6, 6.07) is 19.7. The number of hydrogen-bond donors (Lipinski definition) is 1. The van der Waals surface area contributed by atoms with Crippen molar-refractivity contribution in [3.8, 4) is 22.5 Å². The molecule has 2 aromatic carbocycles. The van der Waals surface area contributed by atoms with E-state index in [0.717, 1.165) is 54.4 Å². The maximum Gasteiger partial charge on any atom is 0.221 e. The van der Waals surface area contributed by atoms with Crippen molar-refractivity contribution in [2.24, 2.45) is 10.3 Å². The predicted octanol–water partition coefficient (Wildman–Crippen LogP) is 3.64. The standard InChI is InChI=1S/C21H23N7/c1-27-11-13-28(14-12-27)26-25-18-9-7-17(8-10-18)20-15-19(23-21(22)24-20)16-5-3-2-4-6-16/h2-10,15H,11-14H2,1H3,(H2,22,23,24). The molecule has 0 radical (unpaired) electrons. The first-order valence-electron chi connectivity index (χ1n) is 9.33. The molecule has 0 unspecified atom stereocenters. The van der Waals surface area contributed by atoms with Crippen molar-refractivity contribution in [3.05, 3.63) is 60.7 Å².